The van der Waals surface area contributed by atoms with Gasteiger partial charge in [-0.15, -0.1) is 0 Å². The highest BCUT2D eigenvalue weighted by Crippen LogP contribution is 2.43. The second-order valence-corrected chi connectivity index (χ2v) is 9.71. The fraction of sp³-hybridized carbons (Fsp3) is 0.429. The van der Waals surface area contributed by atoms with E-state index in [9.17, 15) is 9.50 Å². The number of methoxy groups -OCH3 is 1. The van der Waals surface area contributed by atoms with Crippen LogP contribution >= 0.6 is 0 Å². The van der Waals surface area contributed by atoms with E-state index in [0.29, 0.717) is 30.9 Å². The van der Waals surface area contributed by atoms with Gasteiger partial charge in [-0.25, -0.2) is 9.37 Å². The summed E-state index contributed by atoms with van der Waals surface area (Å²) in [6, 6.07) is 12.8. The van der Waals surface area contributed by atoms with Crippen LogP contribution in [0.2, 0.25) is 0 Å². The molecule has 5 rings (SSSR count). The molecule has 2 aromatic heterocycles. The predicted octanol–water partition coefficient (Wildman–Crippen LogP) is 5.55. The largest absolute Gasteiger partial charge is 0.383 e. The van der Waals surface area contributed by atoms with Crippen molar-refractivity contribution >= 4 is 21.9 Å². The highest BCUT2D eigenvalue weighted by molar-refractivity contribution is 5.82. The van der Waals surface area contributed by atoms with Crippen molar-refractivity contribution in [2.45, 2.75) is 50.7 Å². The number of H-pyrrole nitrogens is 1. The number of aromatic amines is 1. The molecular weight excluding hydrogens is 443 g/mol. The van der Waals surface area contributed by atoms with E-state index in [-0.39, 0.29) is 5.82 Å². The average molecular weight is 477 g/mol. The number of hydrogen-bond donors (Lipinski definition) is 3. The molecule has 4 aromatic rings. The number of nitrogens with one attached hydrogen (secondary N) is 2. The van der Waals surface area contributed by atoms with Gasteiger partial charge in [-0.1, -0.05) is 13.0 Å². The Bertz CT molecular complexity index is 1300. The second kappa shape index (κ2) is 10.4. The molecule has 2 unspecified atom stereocenters. The van der Waals surface area contributed by atoms with Crippen LogP contribution in [-0.4, -0.2) is 40.3 Å². The first-order valence-corrected chi connectivity index (χ1v) is 12.5. The summed E-state index contributed by atoms with van der Waals surface area (Å²) in [6.07, 6.45) is 5.46. The number of halogens is 1. The summed E-state index contributed by atoms with van der Waals surface area (Å²) in [5, 5.41) is 14.4. The summed E-state index contributed by atoms with van der Waals surface area (Å²) in [7, 11) is 1.64. The van der Waals surface area contributed by atoms with Crippen molar-refractivity contribution in [1.82, 2.24) is 20.3 Å². The molecule has 1 aliphatic rings. The van der Waals surface area contributed by atoms with Crippen LogP contribution in [0.1, 0.15) is 67.6 Å². The lowest BCUT2D eigenvalue weighted by Gasteiger charge is -2.32. The zero-order valence-corrected chi connectivity index (χ0v) is 20.3. The first kappa shape index (κ1) is 23.9. The Kier molecular flexibility index (Phi) is 7.09. The molecule has 35 heavy (non-hydrogen) atoms. The van der Waals surface area contributed by atoms with Crippen LogP contribution in [0, 0.1) is 11.7 Å². The Labute approximate surface area is 204 Å². The highest BCUT2D eigenvalue weighted by atomic mass is 19.1. The third-order valence-electron chi connectivity index (χ3n) is 7.57. The van der Waals surface area contributed by atoms with Gasteiger partial charge < -0.3 is 14.8 Å². The summed E-state index contributed by atoms with van der Waals surface area (Å²) in [4.78, 5) is 12.8. The van der Waals surface area contributed by atoms with Crippen molar-refractivity contribution in [3.8, 4) is 0 Å². The topological polar surface area (TPSA) is 83.1 Å². The van der Waals surface area contributed by atoms with E-state index < -0.39 is 6.23 Å². The first-order chi connectivity index (χ1) is 17.0. The summed E-state index contributed by atoms with van der Waals surface area (Å²) in [5.41, 5.74) is 4.73. The lowest BCUT2D eigenvalue weighted by Crippen LogP contribution is -2.24. The summed E-state index contributed by atoms with van der Waals surface area (Å²) >= 11 is 0. The lowest BCUT2D eigenvalue weighted by atomic mass is 9.73. The van der Waals surface area contributed by atoms with Gasteiger partial charge in [-0.2, -0.15) is 0 Å². The van der Waals surface area contributed by atoms with Crippen LogP contribution in [0.3, 0.4) is 0 Å². The quantitative estimate of drug-likeness (QED) is 0.229. The van der Waals surface area contributed by atoms with Gasteiger partial charge >= 0.3 is 0 Å². The van der Waals surface area contributed by atoms with Crippen LogP contribution in [0.5, 0.6) is 0 Å². The van der Waals surface area contributed by atoms with Crippen molar-refractivity contribution in [3.05, 3.63) is 71.4 Å². The Hall–Kier alpha value is -2.87. The normalized spacial score (nSPS) is 20.3. The number of fused-ring (bicyclic) bond motifs is 2. The number of benzene rings is 2. The third kappa shape index (κ3) is 5.08. The Morgan fingerprint density at radius 1 is 1.11 bits per heavy atom. The zero-order chi connectivity index (χ0) is 24.4. The van der Waals surface area contributed by atoms with Crippen molar-refractivity contribution in [2.75, 3.05) is 20.3 Å². The van der Waals surface area contributed by atoms with E-state index in [1.165, 1.54) is 11.6 Å². The SMILES string of the molecule is COCCNC(O)c1ccc2[nH]c(C(C)[C@H]3CC[C@H](c4ccnc5ccc(F)cc54)CC3)nc2c1. The molecular formula is C28H33FN4O2. The number of aliphatic hydroxyl groups is 1. The summed E-state index contributed by atoms with van der Waals surface area (Å²) in [6.45, 7) is 3.37. The maximum Gasteiger partial charge on any atom is 0.131 e. The van der Waals surface area contributed by atoms with E-state index in [1.807, 2.05) is 24.4 Å². The number of nitrogens with zero attached hydrogens (tertiary/aromatic N) is 2. The molecule has 7 heteroatoms. The van der Waals surface area contributed by atoms with Crippen LogP contribution in [0.4, 0.5) is 4.39 Å². The van der Waals surface area contributed by atoms with Crippen LogP contribution < -0.4 is 5.32 Å². The molecule has 0 aliphatic heterocycles. The monoisotopic (exact) mass is 476 g/mol. The molecule has 1 saturated carbocycles. The molecule has 184 valence electrons. The predicted molar refractivity (Wildman–Crippen MR) is 136 cm³/mol. The van der Waals surface area contributed by atoms with Gasteiger partial charge in [0, 0.05) is 31.2 Å². The minimum Gasteiger partial charge on any atom is -0.383 e. The number of aliphatic hydroxyl groups excluding tert-OH is 1. The molecule has 0 amide bonds. The number of pyridine rings is 1. The van der Waals surface area contributed by atoms with E-state index in [2.05, 4.69) is 28.3 Å². The molecule has 0 bridgehead atoms. The fourth-order valence-electron chi connectivity index (χ4n) is 5.49. The zero-order valence-electron chi connectivity index (χ0n) is 20.3. The van der Waals surface area contributed by atoms with Crippen LogP contribution in [0.15, 0.2) is 48.7 Å². The number of ether oxygens (including phenoxy) is 1. The Balaban J connectivity index is 1.26. The average Bonchev–Trinajstić information content (AvgIpc) is 3.31. The van der Waals surface area contributed by atoms with Gasteiger partial charge in [0.05, 0.1) is 23.2 Å². The molecule has 0 saturated heterocycles. The molecule has 0 spiro atoms. The molecule has 1 aliphatic carbocycles. The fourth-order valence-corrected chi connectivity index (χ4v) is 5.49. The number of rotatable bonds is 8. The Morgan fingerprint density at radius 3 is 2.74 bits per heavy atom. The minimum absolute atomic E-state index is 0.208. The molecule has 0 radical (unpaired) electrons. The van der Waals surface area contributed by atoms with Crippen LogP contribution in [-0.2, 0) is 4.74 Å². The smallest absolute Gasteiger partial charge is 0.131 e. The molecule has 1 fully saturated rings. The van der Waals surface area contributed by atoms with Gasteiger partial charge in [0.1, 0.15) is 17.9 Å². The lowest BCUT2D eigenvalue weighted by molar-refractivity contribution is 0.119. The number of hydrogen-bond acceptors (Lipinski definition) is 5. The minimum atomic E-state index is -0.750. The van der Waals surface area contributed by atoms with Crippen molar-refractivity contribution in [3.63, 3.8) is 0 Å². The number of imidazole rings is 1. The maximum absolute atomic E-state index is 13.9. The highest BCUT2D eigenvalue weighted by Gasteiger charge is 2.29. The molecule has 2 heterocycles. The van der Waals surface area contributed by atoms with Crippen molar-refractivity contribution < 1.29 is 14.2 Å². The second-order valence-electron chi connectivity index (χ2n) is 9.71. The third-order valence-corrected chi connectivity index (χ3v) is 7.57. The number of aromatic nitrogens is 3. The first-order valence-electron chi connectivity index (χ1n) is 12.5. The van der Waals surface area contributed by atoms with Gasteiger partial charge in [-0.05, 0) is 85.0 Å². The van der Waals surface area contributed by atoms with E-state index in [1.54, 1.807) is 19.2 Å². The summed E-state index contributed by atoms with van der Waals surface area (Å²) in [5.74, 6) is 2.07. The van der Waals surface area contributed by atoms with Crippen molar-refractivity contribution in [2.24, 2.45) is 5.92 Å². The maximum atomic E-state index is 13.9. The van der Waals surface area contributed by atoms with Crippen LogP contribution in [0.25, 0.3) is 21.9 Å². The van der Waals surface area contributed by atoms with E-state index in [4.69, 9.17) is 9.72 Å². The van der Waals surface area contributed by atoms with Gasteiger partial charge in [-0.3, -0.25) is 10.3 Å². The molecule has 2 atom stereocenters. The summed E-state index contributed by atoms with van der Waals surface area (Å²) < 4.78 is 18.9. The Morgan fingerprint density at radius 2 is 1.94 bits per heavy atom. The molecule has 2 aromatic carbocycles. The van der Waals surface area contributed by atoms with E-state index >= 15 is 0 Å². The van der Waals surface area contributed by atoms with Gasteiger partial charge in [0.15, 0.2) is 0 Å². The molecule has 3 N–H and O–H groups in total. The van der Waals surface area contributed by atoms with Crippen molar-refractivity contribution in [1.29, 1.82) is 0 Å². The molecule has 6 nitrogen and oxygen atoms in total. The van der Waals surface area contributed by atoms with E-state index in [0.717, 1.165) is 59.0 Å². The van der Waals surface area contributed by atoms with Gasteiger partial charge in [0.2, 0.25) is 0 Å². The van der Waals surface area contributed by atoms with Gasteiger partial charge in [0.25, 0.3) is 0 Å². The standard InChI is InChI=1S/C28H33FN4O2/c1-17(27-32-25-9-7-20(15-26(25)33-27)28(34)31-13-14-35-2)18-3-5-19(6-4-18)22-11-12-30-24-10-8-21(29)16-23(22)24/h7-12,15-19,28,31,34H,3-6,13-14H2,1-2H3,(H,32,33)/t17?,18-,19-,28?.